The molecule has 0 aromatic carbocycles. The normalized spacial score (nSPS) is 37.6. The Morgan fingerprint density at radius 1 is 0.889 bits per heavy atom. The average molecular weight is 992 g/mol. The van der Waals surface area contributed by atoms with Crippen LogP contribution in [-0.2, 0) is 122 Å². The number of furan rings is 1. The van der Waals surface area contributed by atoms with Gasteiger partial charge in [0.05, 0.1) is 17.9 Å². The third-order valence-corrected chi connectivity index (χ3v) is 7.94. The fourth-order valence-corrected chi connectivity index (χ4v) is 5.37. The fraction of sp³-hybridized carbons (Fsp3) is 0.636. The van der Waals surface area contributed by atoms with E-state index in [4.69, 9.17) is 4.42 Å². The van der Waals surface area contributed by atoms with Crippen molar-refractivity contribution < 1.29 is 146 Å². The van der Waals surface area contributed by atoms with Gasteiger partial charge in [-0.1, -0.05) is 33.2 Å². The zero-order valence-electron chi connectivity index (χ0n) is 20.2. The van der Waals surface area contributed by atoms with Crippen molar-refractivity contribution in [1.82, 2.24) is 0 Å². The van der Waals surface area contributed by atoms with E-state index in [0.29, 0.717) is 5.56 Å². The van der Waals surface area contributed by atoms with E-state index in [1.165, 1.54) is 6.07 Å². The number of ketones is 2. The van der Waals surface area contributed by atoms with Crippen LogP contribution in [0.2, 0.25) is 0 Å². The number of carbonyl (C=O) groups excluding carboxylic acids is 4. The predicted molar refractivity (Wildman–Crippen MR) is 109 cm³/mol. The van der Waals surface area contributed by atoms with Gasteiger partial charge in [-0.3, -0.25) is 9.59 Å². The number of aliphatic hydroxyl groups excluding tert-OH is 2. The summed E-state index contributed by atoms with van der Waals surface area (Å²) in [5, 5.41) is 36.4. The summed E-state index contributed by atoms with van der Waals surface area (Å²) in [4.78, 5) is 45.8. The number of aliphatic hydroxyl groups is 2. The van der Waals surface area contributed by atoms with Gasteiger partial charge in [-0.05, 0) is 36.1 Å². The predicted octanol–water partition coefficient (Wildman–Crippen LogP) is 1.56. The van der Waals surface area contributed by atoms with E-state index >= 15 is 0 Å². The second-order valence-corrected chi connectivity index (χ2v) is 9.43. The number of hydrogen-bond acceptors (Lipinski definition) is 8. The molecule has 3 fully saturated rings. The second-order valence-electron chi connectivity index (χ2n) is 9.43. The van der Waals surface area contributed by atoms with Crippen LogP contribution in [0.3, 0.4) is 0 Å². The zero-order valence-corrected chi connectivity index (χ0v) is 31.7. The standard InChI is InChI=1S/C12H13NO4.C10H15NO4.2W.2Y/c1-5-6(2)12(4-8(14)13-12)11(16)10-7(5)3-9(15)17-10;1-4-5(2)10(3-6(12)11-10)9(15)8(14)7(4)13;;;;/h3,5-6H,4H2,1-2H3,(H2,13,14,15,16);4-5,8-9,14-15H,3H2,1-2H3,(H,11,12);;;;/p-2/t5-,6+,12?;4-,5+,8+,9+,10?;;;;/m00..../s1. The maximum absolute atomic E-state index is 12.3. The first-order chi connectivity index (χ1) is 14.9. The van der Waals surface area contributed by atoms with Gasteiger partial charge in [0.25, 0.3) is 5.95 Å². The van der Waals surface area contributed by atoms with E-state index in [2.05, 4.69) is 10.6 Å². The molecule has 4 aliphatic rings. The summed E-state index contributed by atoms with van der Waals surface area (Å²) >= 11 is 0. The second kappa shape index (κ2) is 13.0. The maximum atomic E-state index is 12.3. The summed E-state index contributed by atoms with van der Waals surface area (Å²) in [6.45, 7) is 7.34. The minimum atomic E-state index is -1.41. The van der Waals surface area contributed by atoms with Crippen LogP contribution in [-0.4, -0.2) is 62.0 Å². The SMILES string of the molecule is C[C@@H]1C(=O)[C@@H](O)[C@@H](O)C2(CC(=O)[N-]2)[C@@H]1C.C[C@@H]1c2cc(O)oc2C(=O)C2(CC(=O)[N-]2)[C@@H]1C.[W].[W].[Y].[Y]. The summed E-state index contributed by atoms with van der Waals surface area (Å²) in [7, 11) is 0. The Kier molecular flexibility index (Phi) is 13.3. The maximum Gasteiger partial charge on any atom is 0.282 e. The van der Waals surface area contributed by atoms with E-state index in [9.17, 15) is 34.5 Å². The summed E-state index contributed by atoms with van der Waals surface area (Å²) in [6.07, 6.45) is -2.37. The van der Waals surface area contributed by atoms with Crippen molar-refractivity contribution in [3.05, 3.63) is 28.0 Å². The molecule has 14 heteroatoms. The van der Waals surface area contributed by atoms with E-state index in [1.54, 1.807) is 13.8 Å². The molecule has 2 saturated heterocycles. The molecule has 10 nitrogen and oxygen atoms in total. The molecular weight excluding hydrogens is 966 g/mol. The Morgan fingerprint density at radius 3 is 1.86 bits per heavy atom. The van der Waals surface area contributed by atoms with Crippen LogP contribution in [0.4, 0.5) is 0 Å². The topological polar surface area (TPSA) is 170 Å². The molecule has 5 rings (SSSR count). The Hall–Kier alpha value is 0.864. The van der Waals surface area contributed by atoms with E-state index < -0.39 is 23.3 Å². The number of nitrogens with zero attached hydrogens (tertiary/aromatic N) is 2. The van der Waals surface area contributed by atoms with Gasteiger partial charge in [0.2, 0.25) is 0 Å². The molecule has 2 amide bonds. The Labute approximate surface area is 287 Å². The first-order valence-electron chi connectivity index (χ1n) is 10.6. The van der Waals surface area contributed by atoms with Crippen molar-refractivity contribution in [2.24, 2.45) is 17.8 Å². The molecule has 3 heterocycles. The number of amides is 2. The zero-order chi connectivity index (χ0) is 23.7. The van der Waals surface area contributed by atoms with Crippen LogP contribution in [0.15, 0.2) is 10.5 Å². The fourth-order valence-electron chi connectivity index (χ4n) is 5.37. The van der Waals surface area contributed by atoms with Gasteiger partial charge in [0.15, 0.2) is 17.3 Å². The molecule has 1 saturated carbocycles. The summed E-state index contributed by atoms with van der Waals surface area (Å²) in [5.74, 6) is -1.86. The van der Waals surface area contributed by atoms with Gasteiger partial charge < -0.3 is 40.0 Å². The van der Waals surface area contributed by atoms with E-state index in [1.807, 2.05) is 13.8 Å². The van der Waals surface area contributed by atoms with E-state index in [-0.39, 0.29) is 179 Å². The largest absolute Gasteiger partial charge is 0.645 e. The van der Waals surface area contributed by atoms with Crippen molar-refractivity contribution in [2.75, 3.05) is 0 Å². The number of hydrogen-bond donors (Lipinski definition) is 3. The van der Waals surface area contributed by atoms with Gasteiger partial charge in [-0.2, -0.15) is 0 Å². The van der Waals surface area contributed by atoms with Crippen molar-refractivity contribution in [1.29, 1.82) is 0 Å². The van der Waals surface area contributed by atoms with Crippen LogP contribution in [0.5, 0.6) is 5.95 Å². The molecule has 192 valence electrons. The molecule has 1 aromatic heterocycles. The van der Waals surface area contributed by atoms with Gasteiger partial charge in [0, 0.05) is 125 Å². The first kappa shape index (κ1) is 36.9. The number of Topliss-reactive ketones (excluding diaryl/α,β-unsaturated/α-hetero) is 2. The Balaban J connectivity index is 0.000000617. The monoisotopic (exact) mass is 992 g/mol. The number of aromatic hydroxyl groups is 1. The third-order valence-electron chi connectivity index (χ3n) is 7.94. The number of β-lactam (4-membered cyclic amide) rings is 2. The van der Waals surface area contributed by atoms with Crippen molar-refractivity contribution in [3.63, 3.8) is 0 Å². The smallest absolute Gasteiger partial charge is 0.282 e. The molecule has 8 atom stereocenters. The molecule has 36 heavy (non-hydrogen) atoms. The van der Waals surface area contributed by atoms with Crippen molar-refractivity contribution in [2.45, 2.75) is 69.7 Å². The quantitative estimate of drug-likeness (QED) is 0.330. The van der Waals surface area contributed by atoms with Crippen LogP contribution in [0.1, 0.15) is 62.6 Å². The number of rotatable bonds is 0. The summed E-state index contributed by atoms with van der Waals surface area (Å²) in [6, 6.07) is 1.47. The Morgan fingerprint density at radius 2 is 1.39 bits per heavy atom. The van der Waals surface area contributed by atoms with Crippen LogP contribution in [0.25, 0.3) is 10.6 Å². The minimum Gasteiger partial charge on any atom is -0.645 e. The molecule has 2 aliphatic carbocycles. The van der Waals surface area contributed by atoms with E-state index in [0.717, 1.165) is 0 Å². The average Bonchev–Trinajstić information content (AvgIpc) is 3.10. The molecular formula is C22H26N2O8W2Y2-2. The van der Waals surface area contributed by atoms with Crippen molar-refractivity contribution >= 4 is 23.4 Å². The number of carbonyl (C=O) groups is 4. The van der Waals surface area contributed by atoms with Crippen molar-refractivity contribution in [3.8, 4) is 5.95 Å². The molecule has 2 spiro atoms. The molecule has 2 radical (unpaired) electrons. The third kappa shape index (κ3) is 5.55. The van der Waals surface area contributed by atoms with Gasteiger partial charge in [-0.15, -0.1) is 0 Å². The summed E-state index contributed by atoms with van der Waals surface area (Å²) in [5.41, 5.74) is -1.17. The van der Waals surface area contributed by atoms with Gasteiger partial charge >= 0.3 is 0 Å². The van der Waals surface area contributed by atoms with Gasteiger partial charge in [0.1, 0.15) is 6.10 Å². The van der Waals surface area contributed by atoms with Crippen LogP contribution < -0.4 is 0 Å². The Bertz CT molecular complexity index is 1000. The van der Waals surface area contributed by atoms with Crippen LogP contribution >= 0.6 is 0 Å². The van der Waals surface area contributed by atoms with Crippen LogP contribution in [0, 0.1) is 17.8 Å². The molecule has 0 bridgehead atoms. The summed E-state index contributed by atoms with van der Waals surface area (Å²) < 4.78 is 5.04. The first-order valence-corrected chi connectivity index (χ1v) is 10.6. The molecule has 2 aliphatic heterocycles. The number of fused-ring (bicyclic) bond motifs is 1. The molecule has 2 unspecified atom stereocenters. The molecule has 3 N–H and O–H groups in total. The minimum absolute atomic E-state index is 0. The van der Waals surface area contributed by atoms with Gasteiger partial charge in [-0.25, -0.2) is 0 Å². The molecule has 1 aromatic rings.